The Hall–Kier alpha value is -1.47. The van der Waals surface area contributed by atoms with Gasteiger partial charge in [-0.1, -0.05) is 24.6 Å². The molecule has 1 aromatic carbocycles. The smallest absolute Gasteiger partial charge is 0.254 e. The van der Waals surface area contributed by atoms with E-state index in [4.69, 9.17) is 9.47 Å². The molecule has 2 unspecified atom stereocenters. The number of nitrogens with zero attached hydrogens (tertiary/aromatic N) is 2. The van der Waals surface area contributed by atoms with Gasteiger partial charge < -0.3 is 19.5 Å². The lowest BCUT2D eigenvalue weighted by Crippen LogP contribution is -2.50. The van der Waals surface area contributed by atoms with E-state index in [0.717, 1.165) is 25.1 Å². The molecule has 1 aromatic rings. The third-order valence-electron chi connectivity index (χ3n) is 4.74. The number of benzene rings is 1. The summed E-state index contributed by atoms with van der Waals surface area (Å²) < 4.78 is 11.1. The molecule has 0 saturated carbocycles. The summed E-state index contributed by atoms with van der Waals surface area (Å²) in [6.07, 6.45) is 0.375. The number of aryl methyl sites for hydroxylation is 1. The van der Waals surface area contributed by atoms with E-state index in [9.17, 15) is 9.90 Å². The first-order chi connectivity index (χ1) is 12.5. The van der Waals surface area contributed by atoms with Gasteiger partial charge in [0.2, 0.25) is 0 Å². The molecule has 6 heteroatoms. The molecular weight excluding hydrogens is 332 g/mol. The Morgan fingerprint density at radius 2 is 2.15 bits per heavy atom. The van der Waals surface area contributed by atoms with Crippen molar-refractivity contribution < 1.29 is 19.4 Å². The number of hydrogen-bond acceptors (Lipinski definition) is 5. The van der Waals surface area contributed by atoms with Gasteiger partial charge in [0.1, 0.15) is 0 Å². The van der Waals surface area contributed by atoms with Crippen molar-refractivity contribution in [3.05, 3.63) is 35.4 Å². The maximum atomic E-state index is 12.9. The fourth-order valence-electron chi connectivity index (χ4n) is 3.09. The summed E-state index contributed by atoms with van der Waals surface area (Å²) in [5, 5.41) is 9.89. The van der Waals surface area contributed by atoms with Crippen molar-refractivity contribution in [2.45, 2.75) is 32.5 Å². The summed E-state index contributed by atoms with van der Waals surface area (Å²) in [7, 11) is 1.64. The third-order valence-corrected chi connectivity index (χ3v) is 4.74. The zero-order valence-corrected chi connectivity index (χ0v) is 16.2. The normalized spacial score (nSPS) is 19.3. The van der Waals surface area contributed by atoms with E-state index in [2.05, 4.69) is 4.90 Å². The highest BCUT2D eigenvalue weighted by atomic mass is 16.5. The maximum absolute atomic E-state index is 12.9. The number of rotatable bonds is 9. The van der Waals surface area contributed by atoms with Crippen LogP contribution in [0.2, 0.25) is 0 Å². The average molecular weight is 364 g/mol. The number of morpholine rings is 1. The van der Waals surface area contributed by atoms with Gasteiger partial charge in [0.15, 0.2) is 0 Å². The topological polar surface area (TPSA) is 62.2 Å². The Morgan fingerprint density at radius 3 is 2.81 bits per heavy atom. The first kappa shape index (κ1) is 20.8. The Morgan fingerprint density at radius 1 is 1.42 bits per heavy atom. The second-order valence-electron chi connectivity index (χ2n) is 6.92. The zero-order valence-electron chi connectivity index (χ0n) is 16.2. The van der Waals surface area contributed by atoms with Crippen molar-refractivity contribution in [3.8, 4) is 0 Å². The lowest BCUT2D eigenvalue weighted by Gasteiger charge is -2.36. The molecule has 6 nitrogen and oxygen atoms in total. The average Bonchev–Trinajstić information content (AvgIpc) is 2.65. The molecule has 0 aliphatic carbocycles. The second kappa shape index (κ2) is 10.6. The molecule has 0 aromatic heterocycles. The number of β-amino-alcohol motifs (C(OH)–C–C–N with tert-alkyl or cyclic N) is 1. The van der Waals surface area contributed by atoms with Gasteiger partial charge in [-0.05, 0) is 25.5 Å². The van der Waals surface area contributed by atoms with Crippen LogP contribution in [-0.4, -0.2) is 86.1 Å². The van der Waals surface area contributed by atoms with Crippen LogP contribution in [0.5, 0.6) is 0 Å². The standard InChI is InChI=1S/C20H32N2O4/c1-4-18(23)13-21-9-12-26-19(14-21)15-22(10-11-25-3)20(24)17-7-5-16(2)6-8-17/h5-8,18-19,23H,4,9-15H2,1-3H3. The first-order valence-corrected chi connectivity index (χ1v) is 9.40. The van der Waals surface area contributed by atoms with Gasteiger partial charge >= 0.3 is 0 Å². The molecule has 2 rings (SSSR count). The minimum atomic E-state index is -0.312. The molecule has 26 heavy (non-hydrogen) atoms. The fraction of sp³-hybridized carbons (Fsp3) is 0.650. The van der Waals surface area contributed by atoms with Gasteiger partial charge in [-0.25, -0.2) is 0 Å². The van der Waals surface area contributed by atoms with Crippen molar-refractivity contribution in [1.82, 2.24) is 9.80 Å². The van der Waals surface area contributed by atoms with Crippen LogP contribution < -0.4 is 0 Å². The van der Waals surface area contributed by atoms with E-state index in [1.54, 1.807) is 12.0 Å². The number of amides is 1. The summed E-state index contributed by atoms with van der Waals surface area (Å²) in [6, 6.07) is 7.63. The van der Waals surface area contributed by atoms with Crippen LogP contribution in [0.25, 0.3) is 0 Å². The molecule has 1 aliphatic heterocycles. The number of carbonyl (C=O) groups is 1. The molecule has 0 bridgehead atoms. The molecule has 0 spiro atoms. The van der Waals surface area contributed by atoms with E-state index in [1.807, 2.05) is 38.1 Å². The van der Waals surface area contributed by atoms with Crippen LogP contribution in [0.15, 0.2) is 24.3 Å². The van der Waals surface area contributed by atoms with Gasteiger partial charge in [0.25, 0.3) is 5.91 Å². The SMILES string of the molecule is CCC(O)CN1CCOC(CN(CCOC)C(=O)c2ccc(C)cc2)C1. The number of methoxy groups -OCH3 is 1. The van der Waals surface area contributed by atoms with Gasteiger partial charge in [-0.2, -0.15) is 0 Å². The maximum Gasteiger partial charge on any atom is 0.254 e. The van der Waals surface area contributed by atoms with E-state index < -0.39 is 0 Å². The quantitative estimate of drug-likeness (QED) is 0.720. The van der Waals surface area contributed by atoms with Crippen LogP contribution in [-0.2, 0) is 9.47 Å². The Balaban J connectivity index is 1.99. The first-order valence-electron chi connectivity index (χ1n) is 9.40. The highest BCUT2D eigenvalue weighted by molar-refractivity contribution is 5.94. The van der Waals surface area contributed by atoms with E-state index in [-0.39, 0.29) is 18.1 Å². The van der Waals surface area contributed by atoms with Crippen molar-refractivity contribution in [2.24, 2.45) is 0 Å². The molecule has 1 heterocycles. The van der Waals surface area contributed by atoms with E-state index in [1.165, 1.54) is 0 Å². The van der Waals surface area contributed by atoms with E-state index in [0.29, 0.717) is 38.4 Å². The van der Waals surface area contributed by atoms with Crippen molar-refractivity contribution in [1.29, 1.82) is 0 Å². The molecule has 1 amide bonds. The number of hydrogen-bond donors (Lipinski definition) is 1. The zero-order chi connectivity index (χ0) is 18.9. The van der Waals surface area contributed by atoms with Crippen LogP contribution in [0.4, 0.5) is 0 Å². The Bertz CT molecular complexity index is 549. The van der Waals surface area contributed by atoms with Crippen LogP contribution in [0.3, 0.4) is 0 Å². The summed E-state index contributed by atoms with van der Waals surface area (Å²) in [5.41, 5.74) is 1.81. The highest BCUT2D eigenvalue weighted by Gasteiger charge is 2.26. The lowest BCUT2D eigenvalue weighted by molar-refractivity contribution is -0.0517. The molecule has 1 aliphatic rings. The van der Waals surface area contributed by atoms with Crippen LogP contribution in [0.1, 0.15) is 29.3 Å². The second-order valence-corrected chi connectivity index (χ2v) is 6.92. The van der Waals surface area contributed by atoms with Gasteiger partial charge in [-0.3, -0.25) is 9.69 Å². The summed E-state index contributed by atoms with van der Waals surface area (Å²) in [6.45, 7) is 8.34. The predicted octanol–water partition coefficient (Wildman–Crippen LogP) is 1.56. The van der Waals surface area contributed by atoms with Gasteiger partial charge in [0.05, 0.1) is 25.4 Å². The molecule has 0 radical (unpaired) electrons. The molecule has 1 N–H and O–H groups in total. The van der Waals surface area contributed by atoms with Crippen LogP contribution in [0, 0.1) is 6.92 Å². The third kappa shape index (κ3) is 6.36. The number of ether oxygens (including phenoxy) is 2. The monoisotopic (exact) mass is 364 g/mol. The largest absolute Gasteiger partial charge is 0.392 e. The number of aliphatic hydroxyl groups excluding tert-OH is 1. The number of carbonyl (C=O) groups excluding carboxylic acids is 1. The van der Waals surface area contributed by atoms with Crippen molar-refractivity contribution in [2.75, 3.05) is 53.0 Å². The predicted molar refractivity (Wildman–Crippen MR) is 101 cm³/mol. The molecule has 1 saturated heterocycles. The minimum absolute atomic E-state index is 0.00336. The highest BCUT2D eigenvalue weighted by Crippen LogP contribution is 2.12. The summed E-state index contributed by atoms with van der Waals surface area (Å²) in [4.78, 5) is 16.9. The van der Waals surface area contributed by atoms with Crippen molar-refractivity contribution >= 4 is 5.91 Å². The number of aliphatic hydroxyl groups is 1. The van der Waals surface area contributed by atoms with Gasteiger partial charge in [0, 0.05) is 45.4 Å². The molecular formula is C20H32N2O4. The molecule has 146 valence electrons. The van der Waals surface area contributed by atoms with Crippen molar-refractivity contribution in [3.63, 3.8) is 0 Å². The summed E-state index contributed by atoms with van der Waals surface area (Å²) >= 11 is 0. The van der Waals surface area contributed by atoms with Gasteiger partial charge in [-0.15, -0.1) is 0 Å². The van der Waals surface area contributed by atoms with Crippen LogP contribution >= 0.6 is 0 Å². The Labute approximate surface area is 156 Å². The summed E-state index contributed by atoms with van der Waals surface area (Å²) in [5.74, 6) is -0.00336. The molecule has 1 fully saturated rings. The fourth-order valence-corrected chi connectivity index (χ4v) is 3.09. The minimum Gasteiger partial charge on any atom is -0.392 e. The van der Waals surface area contributed by atoms with E-state index >= 15 is 0 Å². The lowest BCUT2D eigenvalue weighted by atomic mass is 10.1. The Kier molecular flexibility index (Phi) is 8.51. The molecule has 2 atom stereocenters.